The second-order valence-electron chi connectivity index (χ2n) is 8.99. The van der Waals surface area contributed by atoms with Crippen LogP contribution in [0.5, 0.6) is 0 Å². The monoisotopic (exact) mass is 478 g/mol. The van der Waals surface area contributed by atoms with Crippen molar-refractivity contribution >= 4 is 36.3 Å². The molecule has 0 heterocycles. The van der Waals surface area contributed by atoms with E-state index in [4.69, 9.17) is 5.73 Å². The number of hydrogen-bond donors (Lipinski definition) is 4. The number of benzene rings is 1. The molecule has 178 valence electrons. The summed E-state index contributed by atoms with van der Waals surface area (Å²) in [6, 6.07) is 8.73. The van der Waals surface area contributed by atoms with Gasteiger partial charge in [0.25, 0.3) is 0 Å². The highest BCUT2D eigenvalue weighted by molar-refractivity contribution is 7.98. The number of aliphatic carboxylic acids is 1. The van der Waals surface area contributed by atoms with E-state index in [1.807, 2.05) is 54.8 Å². The highest BCUT2D eigenvalue weighted by Gasteiger charge is 2.25. The number of nitrogens with one attached hydrogen (secondary N) is 1. The van der Waals surface area contributed by atoms with Crippen LogP contribution in [0.1, 0.15) is 32.8 Å². The van der Waals surface area contributed by atoms with Crippen LogP contribution in [-0.2, 0) is 16.0 Å². The number of nitrogens with two attached hydrogens (primary N) is 1. The summed E-state index contributed by atoms with van der Waals surface area (Å²) in [7, 11) is 0. The number of carboxylic acids is 1. The topological polar surface area (TPSA) is 92.4 Å². The van der Waals surface area contributed by atoms with Gasteiger partial charge in [0.1, 0.15) is 6.04 Å². The van der Waals surface area contributed by atoms with Gasteiger partial charge < -0.3 is 16.2 Å². The summed E-state index contributed by atoms with van der Waals surface area (Å²) >= 11 is 5.79. The second-order valence-corrected chi connectivity index (χ2v) is 10.3. The van der Waals surface area contributed by atoms with Gasteiger partial charge in [0.05, 0.1) is 5.92 Å². The van der Waals surface area contributed by atoms with E-state index < -0.39 is 17.9 Å². The molecule has 4 atom stereocenters. The van der Waals surface area contributed by atoms with Crippen LogP contribution in [0.2, 0.25) is 0 Å². The molecule has 0 aromatic heterocycles. The molecule has 1 rings (SSSR count). The van der Waals surface area contributed by atoms with Crippen molar-refractivity contribution in [3.63, 3.8) is 0 Å². The molecule has 4 unspecified atom stereocenters. The zero-order valence-electron chi connectivity index (χ0n) is 19.5. The normalized spacial score (nSPS) is 16.1. The van der Waals surface area contributed by atoms with Gasteiger partial charge >= 0.3 is 5.97 Å². The van der Waals surface area contributed by atoms with E-state index in [0.29, 0.717) is 24.3 Å². The first-order valence-electron chi connectivity index (χ1n) is 10.9. The molecule has 0 fully saturated rings. The molecule has 0 aliphatic heterocycles. The minimum atomic E-state index is -1.01. The number of carboxylic acid groups (broad SMARTS) is 1. The Morgan fingerprint density at radius 1 is 1.16 bits per heavy atom. The maximum Gasteiger partial charge on any atom is 0.326 e. The van der Waals surface area contributed by atoms with Gasteiger partial charge in [-0.25, -0.2) is 4.79 Å². The van der Waals surface area contributed by atoms with E-state index in [1.54, 1.807) is 11.8 Å². The van der Waals surface area contributed by atoms with Gasteiger partial charge in [-0.3, -0.25) is 4.79 Å². The van der Waals surface area contributed by atoms with Gasteiger partial charge in [0.2, 0.25) is 5.91 Å². The summed E-state index contributed by atoms with van der Waals surface area (Å²) in [5, 5.41) is 12.3. The molecule has 1 aromatic rings. The number of hydrogen-bond acceptors (Lipinski definition) is 5. The fourth-order valence-electron chi connectivity index (χ4n) is 3.11. The van der Waals surface area contributed by atoms with Gasteiger partial charge in [-0.15, -0.1) is 0 Å². The third kappa shape index (κ3) is 10.7. The number of amides is 1. The fraction of sp³-hybridized carbons (Fsp3) is 0.520. The van der Waals surface area contributed by atoms with Crippen molar-refractivity contribution in [2.45, 2.75) is 45.7 Å². The van der Waals surface area contributed by atoms with Crippen LogP contribution < -0.4 is 11.1 Å². The third-order valence-corrected chi connectivity index (χ3v) is 6.25. The first kappa shape index (κ1) is 28.3. The fourth-order valence-corrected chi connectivity index (χ4v) is 3.70. The molecule has 0 spiro atoms. The van der Waals surface area contributed by atoms with Crippen LogP contribution in [0.3, 0.4) is 0 Å². The molecule has 0 aliphatic rings. The Morgan fingerprint density at radius 3 is 2.31 bits per heavy atom. The summed E-state index contributed by atoms with van der Waals surface area (Å²) in [5.74, 6) is -0.480. The van der Waals surface area contributed by atoms with Gasteiger partial charge in [0, 0.05) is 11.8 Å². The lowest BCUT2D eigenvalue weighted by atomic mass is 9.79. The molecule has 32 heavy (non-hydrogen) atoms. The van der Waals surface area contributed by atoms with E-state index >= 15 is 0 Å². The van der Waals surface area contributed by atoms with Gasteiger partial charge in [0.15, 0.2) is 0 Å². The molecule has 0 aliphatic carbocycles. The van der Waals surface area contributed by atoms with Crippen LogP contribution >= 0.6 is 24.4 Å². The Hall–Kier alpha value is -1.70. The van der Waals surface area contributed by atoms with Crippen LogP contribution in [-0.4, -0.2) is 46.8 Å². The first-order valence-corrected chi connectivity index (χ1v) is 12.9. The minimum Gasteiger partial charge on any atom is -0.480 e. The molecule has 7 heteroatoms. The highest BCUT2D eigenvalue weighted by atomic mass is 32.2. The SMILES string of the molecule is CSCCC(NC(=O)C(/C=C/C(/C=C/C(N)CS)C(C)(C)C)Cc1ccccc1)C(=O)O. The number of thiol groups is 1. The smallest absolute Gasteiger partial charge is 0.326 e. The average molecular weight is 479 g/mol. The standard InChI is InChI=1S/C25H38N2O3S2/c1-25(2,3)20(12-13-21(26)17-31)11-10-19(16-18-8-6-5-7-9-18)23(28)27-22(24(29)30)14-15-32-4/h5-13,19-22,31H,14-17,26H2,1-4H3,(H,27,28)(H,29,30)/b11-10+,13-12+. The van der Waals surface area contributed by atoms with E-state index in [1.165, 1.54) is 0 Å². The van der Waals surface area contributed by atoms with E-state index in [-0.39, 0.29) is 23.3 Å². The van der Waals surface area contributed by atoms with Crippen molar-refractivity contribution in [2.24, 2.45) is 23.0 Å². The first-order chi connectivity index (χ1) is 15.1. The molecular formula is C25H38N2O3S2. The Kier molecular flexibility index (Phi) is 12.8. The largest absolute Gasteiger partial charge is 0.480 e. The molecular weight excluding hydrogens is 440 g/mol. The Labute approximate surface area is 202 Å². The number of carbonyl (C=O) groups is 2. The van der Waals surface area contributed by atoms with Crippen LogP contribution in [0.4, 0.5) is 0 Å². The summed E-state index contributed by atoms with van der Waals surface area (Å²) < 4.78 is 0. The Bertz CT molecular complexity index is 760. The number of allylic oxidation sites excluding steroid dienone is 2. The molecule has 0 saturated carbocycles. The predicted octanol–water partition coefficient (Wildman–Crippen LogP) is 4.20. The van der Waals surface area contributed by atoms with E-state index in [0.717, 1.165) is 5.56 Å². The second kappa shape index (κ2) is 14.4. The van der Waals surface area contributed by atoms with Crippen LogP contribution in [0.15, 0.2) is 54.6 Å². The Balaban J connectivity index is 3.14. The maximum atomic E-state index is 13.1. The summed E-state index contributed by atoms with van der Waals surface area (Å²) in [6.45, 7) is 6.40. The number of rotatable bonds is 13. The van der Waals surface area contributed by atoms with Crippen LogP contribution in [0, 0.1) is 17.3 Å². The zero-order chi connectivity index (χ0) is 24.1. The minimum absolute atomic E-state index is 0.0614. The Morgan fingerprint density at radius 2 is 1.78 bits per heavy atom. The molecule has 0 saturated heterocycles. The number of carbonyl (C=O) groups excluding carboxylic acids is 1. The summed E-state index contributed by atoms with van der Waals surface area (Å²) in [5.41, 5.74) is 6.94. The van der Waals surface area contributed by atoms with Gasteiger partial charge in [-0.2, -0.15) is 24.4 Å². The summed E-state index contributed by atoms with van der Waals surface area (Å²) in [4.78, 5) is 24.7. The van der Waals surface area contributed by atoms with Crippen LogP contribution in [0.25, 0.3) is 0 Å². The third-order valence-electron chi connectivity index (χ3n) is 5.19. The maximum absolute atomic E-state index is 13.1. The lowest BCUT2D eigenvalue weighted by Gasteiger charge is -2.26. The quantitative estimate of drug-likeness (QED) is 0.252. The average Bonchev–Trinajstić information content (AvgIpc) is 2.74. The lowest BCUT2D eigenvalue weighted by Crippen LogP contribution is -2.44. The van der Waals surface area contributed by atoms with Crippen molar-refractivity contribution in [3.8, 4) is 0 Å². The highest BCUT2D eigenvalue weighted by Crippen LogP contribution is 2.29. The molecule has 0 bridgehead atoms. The number of thioether (sulfide) groups is 1. The lowest BCUT2D eigenvalue weighted by molar-refractivity contribution is -0.142. The van der Waals surface area contributed by atoms with E-state index in [2.05, 4.69) is 44.8 Å². The summed E-state index contributed by atoms with van der Waals surface area (Å²) in [6.07, 6.45) is 10.7. The van der Waals surface area contributed by atoms with Crippen molar-refractivity contribution in [1.29, 1.82) is 0 Å². The molecule has 1 aromatic carbocycles. The van der Waals surface area contributed by atoms with Crippen molar-refractivity contribution in [1.82, 2.24) is 5.32 Å². The van der Waals surface area contributed by atoms with Gasteiger partial charge in [-0.05, 0) is 41.7 Å². The van der Waals surface area contributed by atoms with Crippen molar-refractivity contribution < 1.29 is 14.7 Å². The van der Waals surface area contributed by atoms with E-state index in [9.17, 15) is 14.7 Å². The molecule has 1 amide bonds. The van der Waals surface area contributed by atoms with Gasteiger partial charge in [-0.1, -0.05) is 75.4 Å². The molecule has 5 nitrogen and oxygen atoms in total. The zero-order valence-corrected chi connectivity index (χ0v) is 21.2. The predicted molar refractivity (Wildman–Crippen MR) is 139 cm³/mol. The van der Waals surface area contributed by atoms with Crippen molar-refractivity contribution in [2.75, 3.05) is 17.8 Å². The molecule has 4 N–H and O–H groups in total. The molecule has 0 radical (unpaired) electrons. The van der Waals surface area contributed by atoms with Crippen molar-refractivity contribution in [3.05, 3.63) is 60.2 Å².